The first-order valence-corrected chi connectivity index (χ1v) is 8.79. The molecule has 0 bridgehead atoms. The summed E-state index contributed by atoms with van der Waals surface area (Å²) in [6.07, 6.45) is 0. The summed E-state index contributed by atoms with van der Waals surface area (Å²) in [7, 11) is 0. The third-order valence-electron chi connectivity index (χ3n) is 5.33. The van der Waals surface area contributed by atoms with Crippen LogP contribution >= 0.6 is 0 Å². The summed E-state index contributed by atoms with van der Waals surface area (Å²) in [6.45, 7) is 5.68. The smallest absolute Gasteiger partial charge is 0.274 e. The first-order valence-electron chi connectivity index (χ1n) is 8.79. The van der Waals surface area contributed by atoms with Crippen molar-refractivity contribution in [1.82, 2.24) is 15.1 Å². The van der Waals surface area contributed by atoms with E-state index in [4.69, 9.17) is 0 Å². The van der Waals surface area contributed by atoms with E-state index in [0.29, 0.717) is 29.6 Å². The maximum absolute atomic E-state index is 13.2. The second kappa shape index (κ2) is 6.09. The third kappa shape index (κ3) is 2.69. The van der Waals surface area contributed by atoms with Crippen LogP contribution in [0, 0.1) is 5.41 Å². The van der Waals surface area contributed by atoms with E-state index in [1.807, 2.05) is 29.2 Å². The second-order valence-electron chi connectivity index (χ2n) is 7.58. The van der Waals surface area contributed by atoms with Crippen molar-refractivity contribution in [2.75, 3.05) is 13.1 Å². The Kier molecular flexibility index (Phi) is 3.87. The third-order valence-corrected chi connectivity index (χ3v) is 5.33. The average molecular weight is 347 g/mol. The first kappa shape index (κ1) is 16.5. The molecule has 1 atom stereocenters. The zero-order chi connectivity index (χ0) is 18.3. The summed E-state index contributed by atoms with van der Waals surface area (Å²) in [5, 5.41) is 7.61. The molecule has 1 N–H and O–H groups in total. The molecule has 5 nitrogen and oxygen atoms in total. The Labute approximate surface area is 151 Å². The van der Waals surface area contributed by atoms with Gasteiger partial charge in [-0.1, -0.05) is 62.4 Å². The molecule has 0 radical (unpaired) electrons. The van der Waals surface area contributed by atoms with Crippen LogP contribution in [-0.2, 0) is 0 Å². The van der Waals surface area contributed by atoms with Gasteiger partial charge in [0, 0.05) is 24.4 Å². The van der Waals surface area contributed by atoms with Gasteiger partial charge in [-0.05, 0) is 17.0 Å². The average Bonchev–Trinajstić information content (AvgIpc) is 2.98. The van der Waals surface area contributed by atoms with Gasteiger partial charge in [0.05, 0.1) is 5.39 Å². The fraction of sp³-hybridized carbons (Fsp3) is 0.286. The lowest BCUT2D eigenvalue weighted by Crippen LogP contribution is -2.32. The monoisotopic (exact) mass is 347 g/mol. The Morgan fingerprint density at radius 2 is 1.73 bits per heavy atom. The van der Waals surface area contributed by atoms with Crippen molar-refractivity contribution >= 4 is 16.7 Å². The molecule has 1 amide bonds. The van der Waals surface area contributed by atoms with E-state index in [1.165, 1.54) is 5.56 Å². The van der Waals surface area contributed by atoms with Gasteiger partial charge in [-0.15, -0.1) is 0 Å². The van der Waals surface area contributed by atoms with Crippen molar-refractivity contribution < 1.29 is 4.79 Å². The molecule has 0 aliphatic carbocycles. The molecule has 0 saturated carbocycles. The summed E-state index contributed by atoms with van der Waals surface area (Å²) in [6, 6.07) is 17.4. The van der Waals surface area contributed by atoms with Gasteiger partial charge >= 0.3 is 0 Å². The maximum Gasteiger partial charge on any atom is 0.274 e. The van der Waals surface area contributed by atoms with Crippen molar-refractivity contribution in [2.45, 2.75) is 19.8 Å². The summed E-state index contributed by atoms with van der Waals surface area (Å²) in [5.74, 6) is 0.130. The number of H-pyrrole nitrogens is 1. The Hall–Kier alpha value is -2.95. The fourth-order valence-corrected chi connectivity index (χ4v) is 3.96. The minimum absolute atomic E-state index is 0.0327. The van der Waals surface area contributed by atoms with Crippen molar-refractivity contribution in [2.24, 2.45) is 5.41 Å². The van der Waals surface area contributed by atoms with E-state index in [1.54, 1.807) is 18.2 Å². The molecule has 0 spiro atoms. The van der Waals surface area contributed by atoms with Crippen LogP contribution in [-0.4, -0.2) is 34.1 Å². The number of rotatable bonds is 2. The van der Waals surface area contributed by atoms with Crippen LogP contribution in [0.5, 0.6) is 0 Å². The van der Waals surface area contributed by atoms with E-state index in [9.17, 15) is 9.59 Å². The van der Waals surface area contributed by atoms with Crippen LogP contribution in [0.1, 0.15) is 35.8 Å². The molecule has 3 aromatic rings. The van der Waals surface area contributed by atoms with Gasteiger partial charge in [0.2, 0.25) is 0 Å². The van der Waals surface area contributed by atoms with Gasteiger partial charge in [0.25, 0.3) is 11.5 Å². The number of benzene rings is 2. The van der Waals surface area contributed by atoms with Crippen molar-refractivity contribution in [3.63, 3.8) is 0 Å². The number of nitrogens with one attached hydrogen (secondary N) is 1. The Bertz CT molecular complexity index is 1020. The molecule has 5 heteroatoms. The van der Waals surface area contributed by atoms with E-state index in [-0.39, 0.29) is 22.8 Å². The van der Waals surface area contributed by atoms with E-state index in [2.05, 4.69) is 36.2 Å². The molecule has 1 aromatic heterocycles. The lowest BCUT2D eigenvalue weighted by atomic mass is 9.78. The van der Waals surface area contributed by atoms with Gasteiger partial charge < -0.3 is 4.90 Å². The SMILES string of the molecule is CC1(C)CN(C(=O)c2n[nH]c(=O)c3ccccc23)CC1c1ccccc1. The number of aromatic amines is 1. The number of aromatic nitrogens is 2. The minimum Gasteiger partial charge on any atom is -0.336 e. The zero-order valence-corrected chi connectivity index (χ0v) is 14.9. The highest BCUT2D eigenvalue weighted by molar-refractivity contribution is 6.04. The number of hydrogen-bond acceptors (Lipinski definition) is 3. The predicted octanol–water partition coefficient (Wildman–Crippen LogP) is 3.19. The van der Waals surface area contributed by atoms with Crippen LogP contribution in [0.2, 0.25) is 0 Å². The van der Waals surface area contributed by atoms with Crippen molar-refractivity contribution in [1.29, 1.82) is 0 Å². The van der Waals surface area contributed by atoms with E-state index < -0.39 is 0 Å². The van der Waals surface area contributed by atoms with Gasteiger partial charge in [-0.3, -0.25) is 9.59 Å². The minimum atomic E-state index is -0.277. The van der Waals surface area contributed by atoms with E-state index >= 15 is 0 Å². The number of likely N-dealkylation sites (tertiary alicyclic amines) is 1. The quantitative estimate of drug-likeness (QED) is 0.774. The standard InChI is InChI=1S/C21H21N3O2/c1-21(2)13-24(12-17(21)14-8-4-3-5-9-14)20(26)18-15-10-6-7-11-16(15)19(25)23-22-18/h3-11,17H,12-13H2,1-2H3,(H,23,25). The fourth-order valence-electron chi connectivity index (χ4n) is 3.96. The number of nitrogens with zero attached hydrogens (tertiary/aromatic N) is 2. The van der Waals surface area contributed by atoms with Gasteiger partial charge in [-0.25, -0.2) is 5.10 Å². The maximum atomic E-state index is 13.2. The molecule has 1 aliphatic heterocycles. The van der Waals surface area contributed by atoms with Crippen molar-refractivity contribution in [3.8, 4) is 0 Å². The second-order valence-corrected chi connectivity index (χ2v) is 7.58. The lowest BCUT2D eigenvalue weighted by Gasteiger charge is -2.25. The van der Waals surface area contributed by atoms with Gasteiger partial charge in [-0.2, -0.15) is 5.10 Å². The number of hydrogen-bond donors (Lipinski definition) is 1. The van der Waals surface area contributed by atoms with Crippen LogP contribution in [0.15, 0.2) is 59.4 Å². The molecule has 2 aromatic carbocycles. The van der Waals surface area contributed by atoms with Crippen molar-refractivity contribution in [3.05, 3.63) is 76.2 Å². The Morgan fingerprint density at radius 1 is 1.08 bits per heavy atom. The number of carbonyl (C=O) groups is 1. The Morgan fingerprint density at radius 3 is 2.46 bits per heavy atom. The highest BCUT2D eigenvalue weighted by Gasteiger charge is 2.42. The van der Waals surface area contributed by atoms with Gasteiger partial charge in [0.1, 0.15) is 0 Å². The molecule has 2 heterocycles. The highest BCUT2D eigenvalue weighted by Crippen LogP contribution is 2.42. The van der Waals surface area contributed by atoms with Crippen LogP contribution in [0.3, 0.4) is 0 Å². The van der Waals surface area contributed by atoms with Crippen LogP contribution in [0.4, 0.5) is 0 Å². The molecule has 1 unspecified atom stereocenters. The molecule has 132 valence electrons. The summed E-state index contributed by atoms with van der Waals surface area (Å²) < 4.78 is 0. The van der Waals surface area contributed by atoms with Crippen LogP contribution < -0.4 is 5.56 Å². The first-order chi connectivity index (χ1) is 12.5. The normalized spacial score (nSPS) is 19.0. The van der Waals surface area contributed by atoms with E-state index in [0.717, 1.165) is 0 Å². The number of amides is 1. The Balaban J connectivity index is 1.70. The summed E-state index contributed by atoms with van der Waals surface area (Å²) >= 11 is 0. The highest BCUT2D eigenvalue weighted by atomic mass is 16.2. The molecule has 4 rings (SSSR count). The largest absolute Gasteiger partial charge is 0.336 e. The summed E-state index contributed by atoms with van der Waals surface area (Å²) in [4.78, 5) is 27.0. The molecule has 1 fully saturated rings. The predicted molar refractivity (Wildman–Crippen MR) is 101 cm³/mol. The molecule has 1 aliphatic rings. The lowest BCUT2D eigenvalue weighted by molar-refractivity contribution is 0.0773. The topological polar surface area (TPSA) is 66.1 Å². The number of carbonyl (C=O) groups excluding carboxylic acids is 1. The molecular weight excluding hydrogens is 326 g/mol. The molecule has 1 saturated heterocycles. The summed E-state index contributed by atoms with van der Waals surface area (Å²) in [5.41, 5.74) is 1.24. The zero-order valence-electron chi connectivity index (χ0n) is 14.9. The molecule has 26 heavy (non-hydrogen) atoms. The number of fused-ring (bicyclic) bond motifs is 1. The van der Waals surface area contributed by atoms with Crippen LogP contribution in [0.25, 0.3) is 10.8 Å². The molecular formula is C21H21N3O2. The van der Waals surface area contributed by atoms with Gasteiger partial charge in [0.15, 0.2) is 5.69 Å².